The zero-order valence-corrected chi connectivity index (χ0v) is 15.9. The van der Waals surface area contributed by atoms with Crippen LogP contribution in [0.15, 0.2) is 18.2 Å². The van der Waals surface area contributed by atoms with Crippen LogP contribution in [0.5, 0.6) is 5.75 Å². The largest absolute Gasteiger partial charge is 0.480 e. The summed E-state index contributed by atoms with van der Waals surface area (Å²) in [7, 11) is 0. The minimum absolute atomic E-state index is 0.00716. The Labute approximate surface area is 162 Å². The Morgan fingerprint density at radius 1 is 1.41 bits per heavy atom. The number of nitrogens with one attached hydrogen (secondary N) is 1. The van der Waals surface area contributed by atoms with Crippen molar-refractivity contribution in [2.24, 2.45) is 5.92 Å². The van der Waals surface area contributed by atoms with Crippen LogP contribution in [0.1, 0.15) is 32.6 Å². The van der Waals surface area contributed by atoms with Gasteiger partial charge in [0.2, 0.25) is 0 Å². The Balaban J connectivity index is 1.45. The van der Waals surface area contributed by atoms with Crippen LogP contribution in [0.25, 0.3) is 0 Å². The van der Waals surface area contributed by atoms with Crippen molar-refractivity contribution < 1.29 is 23.8 Å². The van der Waals surface area contributed by atoms with Gasteiger partial charge in [-0.15, -0.1) is 0 Å². The Kier molecular flexibility index (Phi) is 6.22. The number of carboxylic acid groups (broad SMARTS) is 1. The molecule has 2 N–H and O–H groups in total. The van der Waals surface area contributed by atoms with Crippen molar-refractivity contribution in [3.05, 3.63) is 29.0 Å². The summed E-state index contributed by atoms with van der Waals surface area (Å²) >= 11 is 5.91. The molecule has 0 aromatic heterocycles. The third-order valence-corrected chi connectivity index (χ3v) is 5.37. The molecule has 2 aliphatic rings. The van der Waals surface area contributed by atoms with E-state index >= 15 is 0 Å². The molecule has 1 atom stereocenters. The molecule has 1 unspecified atom stereocenters. The van der Waals surface area contributed by atoms with E-state index < -0.39 is 17.9 Å². The summed E-state index contributed by atoms with van der Waals surface area (Å²) in [4.78, 5) is 25.4. The second kappa shape index (κ2) is 8.44. The number of hydrogen-bond donors (Lipinski definition) is 2. The molecule has 0 bridgehead atoms. The van der Waals surface area contributed by atoms with Gasteiger partial charge in [-0.25, -0.2) is 4.39 Å². The summed E-state index contributed by atoms with van der Waals surface area (Å²) in [6, 6.07) is 3.94. The highest BCUT2D eigenvalue weighted by molar-refractivity contribution is 6.32. The van der Waals surface area contributed by atoms with Crippen molar-refractivity contribution in [1.29, 1.82) is 0 Å². The number of amides is 1. The molecule has 2 aliphatic carbocycles. The van der Waals surface area contributed by atoms with Crippen molar-refractivity contribution >= 4 is 23.5 Å². The number of nitrogens with zero attached hydrogens (tertiary/aromatic N) is 1. The van der Waals surface area contributed by atoms with Gasteiger partial charge >= 0.3 is 5.97 Å². The zero-order valence-electron chi connectivity index (χ0n) is 15.2. The number of rotatable bonds is 9. The fraction of sp³-hybridized carbons (Fsp3) is 0.579. The van der Waals surface area contributed by atoms with E-state index in [1.807, 2.05) is 4.90 Å². The van der Waals surface area contributed by atoms with Crippen molar-refractivity contribution in [1.82, 2.24) is 10.2 Å². The van der Waals surface area contributed by atoms with Crippen LogP contribution in [0.2, 0.25) is 5.02 Å². The number of carboxylic acids is 1. The van der Waals surface area contributed by atoms with Crippen LogP contribution in [0.3, 0.4) is 0 Å². The molecule has 0 aliphatic heterocycles. The molecule has 2 fully saturated rings. The van der Waals surface area contributed by atoms with Gasteiger partial charge in [-0.3, -0.25) is 14.5 Å². The highest BCUT2D eigenvalue weighted by Crippen LogP contribution is 2.34. The molecular formula is C19H24ClFN2O4. The average Bonchev–Trinajstić information content (AvgIpc) is 3.35. The molecule has 8 heteroatoms. The van der Waals surface area contributed by atoms with E-state index in [2.05, 4.69) is 5.32 Å². The highest BCUT2D eigenvalue weighted by atomic mass is 35.5. The van der Waals surface area contributed by atoms with E-state index in [9.17, 15) is 14.0 Å². The summed E-state index contributed by atoms with van der Waals surface area (Å²) < 4.78 is 18.6. The number of carbonyl (C=O) groups excluding carboxylic acids is 1. The highest BCUT2D eigenvalue weighted by Gasteiger charge is 2.38. The third-order valence-electron chi connectivity index (χ3n) is 5.07. The van der Waals surface area contributed by atoms with E-state index in [0.717, 1.165) is 25.5 Å². The average molecular weight is 399 g/mol. The first-order valence-electron chi connectivity index (χ1n) is 9.19. The molecule has 3 rings (SSSR count). The maximum atomic E-state index is 13.1. The van der Waals surface area contributed by atoms with Gasteiger partial charge in [0.25, 0.3) is 5.91 Å². The van der Waals surface area contributed by atoms with Gasteiger partial charge in [-0.1, -0.05) is 11.6 Å². The maximum Gasteiger partial charge on any atom is 0.317 e. The van der Waals surface area contributed by atoms with Crippen LogP contribution in [0, 0.1) is 11.7 Å². The lowest BCUT2D eigenvalue weighted by Crippen LogP contribution is -2.56. The molecule has 0 radical (unpaired) electrons. The fourth-order valence-corrected chi connectivity index (χ4v) is 3.50. The number of hydrogen-bond acceptors (Lipinski definition) is 4. The van der Waals surface area contributed by atoms with Gasteiger partial charge in [0, 0.05) is 18.6 Å². The van der Waals surface area contributed by atoms with E-state index in [-0.39, 0.29) is 35.3 Å². The molecule has 0 heterocycles. The lowest BCUT2D eigenvalue weighted by atomic mass is 9.85. The summed E-state index contributed by atoms with van der Waals surface area (Å²) in [6.07, 6.45) is 3.03. The van der Waals surface area contributed by atoms with Gasteiger partial charge < -0.3 is 15.2 Å². The molecule has 1 aromatic carbocycles. The predicted octanol–water partition coefficient (Wildman–Crippen LogP) is 2.69. The molecule has 6 nitrogen and oxygen atoms in total. The maximum absolute atomic E-state index is 13.1. The molecule has 0 saturated heterocycles. The Hall–Kier alpha value is -1.86. The number of ether oxygens (including phenoxy) is 1. The minimum atomic E-state index is -0.818. The molecule has 0 spiro atoms. The van der Waals surface area contributed by atoms with Gasteiger partial charge in [-0.2, -0.15) is 0 Å². The lowest BCUT2D eigenvalue weighted by Gasteiger charge is -2.43. The van der Waals surface area contributed by atoms with E-state index in [0.29, 0.717) is 5.92 Å². The molecule has 1 aromatic rings. The second-order valence-corrected chi connectivity index (χ2v) is 7.84. The normalized spacial score (nSPS) is 22.8. The first-order valence-corrected chi connectivity index (χ1v) is 9.57. The van der Waals surface area contributed by atoms with Crippen molar-refractivity contribution in [3.8, 4) is 5.75 Å². The second-order valence-electron chi connectivity index (χ2n) is 7.43. The quantitative estimate of drug-likeness (QED) is 0.668. The van der Waals surface area contributed by atoms with E-state index in [1.54, 1.807) is 6.92 Å². The minimum Gasteiger partial charge on any atom is -0.480 e. The lowest BCUT2D eigenvalue weighted by molar-refractivity contribution is -0.140. The first-order chi connectivity index (χ1) is 12.8. The van der Waals surface area contributed by atoms with Gasteiger partial charge in [0.1, 0.15) is 11.6 Å². The van der Waals surface area contributed by atoms with Crippen molar-refractivity contribution in [2.45, 2.75) is 50.8 Å². The Morgan fingerprint density at radius 3 is 2.70 bits per heavy atom. The fourth-order valence-electron chi connectivity index (χ4n) is 3.29. The standard InChI is InChI=1S/C19H24ClFN2O4/c1-11(27-17-5-4-13(21)6-16(17)20)19(26)22-14-7-15(8-14)23(10-18(24)25)9-12-2-3-12/h4-6,11-12,14-15H,2-3,7-10H2,1H3,(H,22,26)(H,24,25). The number of aliphatic carboxylic acids is 1. The molecule has 27 heavy (non-hydrogen) atoms. The Bertz CT molecular complexity index is 707. The van der Waals surface area contributed by atoms with E-state index in [4.69, 9.17) is 21.4 Å². The summed E-state index contributed by atoms with van der Waals surface area (Å²) in [6.45, 7) is 2.47. The number of halogens is 2. The smallest absolute Gasteiger partial charge is 0.317 e. The monoisotopic (exact) mass is 398 g/mol. The topological polar surface area (TPSA) is 78.9 Å². The van der Waals surface area contributed by atoms with Gasteiger partial charge in [0.15, 0.2) is 6.10 Å². The van der Waals surface area contributed by atoms with Crippen LogP contribution in [0.4, 0.5) is 4.39 Å². The van der Waals surface area contributed by atoms with Crippen LogP contribution in [-0.4, -0.2) is 53.2 Å². The van der Waals surface area contributed by atoms with Gasteiger partial charge in [-0.05, 0) is 56.7 Å². The summed E-state index contributed by atoms with van der Waals surface area (Å²) in [5.41, 5.74) is 0. The summed E-state index contributed by atoms with van der Waals surface area (Å²) in [5.74, 6) is -0.689. The number of benzene rings is 1. The molecular weight excluding hydrogens is 375 g/mol. The SMILES string of the molecule is CC(Oc1ccc(F)cc1Cl)C(=O)NC1CC(N(CC(=O)O)CC2CC2)C1. The van der Waals surface area contributed by atoms with Crippen molar-refractivity contribution in [3.63, 3.8) is 0 Å². The zero-order chi connectivity index (χ0) is 19.6. The third kappa shape index (κ3) is 5.56. The number of carbonyl (C=O) groups is 2. The van der Waals surface area contributed by atoms with Crippen molar-refractivity contribution in [2.75, 3.05) is 13.1 Å². The first kappa shape index (κ1) is 19.9. The van der Waals surface area contributed by atoms with E-state index in [1.165, 1.54) is 25.0 Å². The molecule has 1 amide bonds. The van der Waals surface area contributed by atoms with Crippen LogP contribution in [-0.2, 0) is 9.59 Å². The predicted molar refractivity (Wildman–Crippen MR) is 98.4 cm³/mol. The van der Waals surface area contributed by atoms with Crippen LogP contribution >= 0.6 is 11.6 Å². The summed E-state index contributed by atoms with van der Waals surface area (Å²) in [5, 5.41) is 12.1. The molecule has 2 saturated carbocycles. The Morgan fingerprint density at radius 2 is 2.11 bits per heavy atom. The van der Waals surface area contributed by atoms with Gasteiger partial charge in [0.05, 0.1) is 11.6 Å². The molecule has 148 valence electrons. The van der Waals surface area contributed by atoms with Crippen LogP contribution < -0.4 is 10.1 Å².